The maximum atomic E-state index is 11.5. The first-order valence-corrected chi connectivity index (χ1v) is 9.48. The van der Waals surface area contributed by atoms with E-state index in [-0.39, 0.29) is 11.9 Å². The highest BCUT2D eigenvalue weighted by molar-refractivity contribution is 7.90. The van der Waals surface area contributed by atoms with Crippen LogP contribution in [-0.2, 0) is 14.6 Å². The van der Waals surface area contributed by atoms with Crippen LogP contribution in [-0.4, -0.2) is 27.6 Å². The zero-order valence-corrected chi connectivity index (χ0v) is 15.1. The number of nitrogens with zero attached hydrogens (tertiary/aromatic N) is 1. The van der Waals surface area contributed by atoms with E-state index >= 15 is 0 Å². The van der Waals surface area contributed by atoms with Crippen LogP contribution in [0, 0.1) is 0 Å². The van der Waals surface area contributed by atoms with Crippen molar-refractivity contribution in [3.63, 3.8) is 0 Å². The lowest BCUT2D eigenvalue weighted by Gasteiger charge is -2.19. The van der Waals surface area contributed by atoms with Gasteiger partial charge in [0.15, 0.2) is 9.84 Å². The molecule has 2 aromatic carbocycles. The summed E-state index contributed by atoms with van der Waals surface area (Å²) in [6, 6.07) is 14.4. The van der Waals surface area contributed by atoms with E-state index in [9.17, 15) is 13.2 Å². The molecule has 0 radical (unpaired) electrons. The molecule has 0 aliphatic heterocycles. The van der Waals surface area contributed by atoms with Crippen molar-refractivity contribution in [2.45, 2.75) is 24.8 Å². The summed E-state index contributed by atoms with van der Waals surface area (Å²) in [6.07, 6.45) is 1.20. The van der Waals surface area contributed by atoms with Crippen molar-refractivity contribution in [1.29, 1.82) is 0 Å². The molecule has 5 nitrogen and oxygen atoms in total. The summed E-state index contributed by atoms with van der Waals surface area (Å²) in [5.74, 6) is -0.0310. The molecule has 0 spiro atoms. The first kappa shape index (κ1) is 18.0. The van der Waals surface area contributed by atoms with Gasteiger partial charge in [-0.3, -0.25) is 4.79 Å². The van der Waals surface area contributed by atoms with Crippen molar-refractivity contribution in [2.75, 3.05) is 23.5 Å². The number of carbonyl (C=O) groups is 1. The Hall–Kier alpha value is -2.34. The summed E-state index contributed by atoms with van der Waals surface area (Å²) >= 11 is 0. The smallest absolute Gasteiger partial charge is 0.223 e. The highest BCUT2D eigenvalue weighted by atomic mass is 32.2. The number of carbonyl (C=O) groups excluding carboxylic acids is 1. The van der Waals surface area contributed by atoms with E-state index < -0.39 is 9.84 Å². The fourth-order valence-electron chi connectivity index (χ4n) is 2.32. The minimum absolute atomic E-state index is 0.00325. The molecule has 0 saturated carbocycles. The topological polar surface area (TPSA) is 66.5 Å². The van der Waals surface area contributed by atoms with Crippen LogP contribution in [0.1, 0.15) is 25.5 Å². The van der Waals surface area contributed by atoms with Crippen molar-refractivity contribution >= 4 is 27.1 Å². The summed E-state index contributed by atoms with van der Waals surface area (Å²) in [7, 11) is -1.45. The van der Waals surface area contributed by atoms with Crippen LogP contribution in [0.3, 0.4) is 0 Å². The number of anilines is 2. The Bertz CT molecular complexity index is 830. The number of benzene rings is 2. The van der Waals surface area contributed by atoms with E-state index in [1.54, 1.807) is 36.2 Å². The number of rotatable bonds is 5. The fraction of sp³-hybridized carbons (Fsp3) is 0.278. The molecule has 0 unspecified atom stereocenters. The van der Waals surface area contributed by atoms with Gasteiger partial charge in [-0.15, -0.1) is 0 Å². The van der Waals surface area contributed by atoms with Gasteiger partial charge in [0.05, 0.1) is 4.90 Å². The number of hydrogen-bond acceptors (Lipinski definition) is 4. The molecule has 0 saturated heterocycles. The number of sulfone groups is 1. The zero-order valence-electron chi connectivity index (χ0n) is 14.3. The molecule has 1 atom stereocenters. The number of hydrogen-bond donors (Lipinski definition) is 1. The van der Waals surface area contributed by atoms with Gasteiger partial charge in [0.2, 0.25) is 5.91 Å². The average molecular weight is 346 g/mol. The standard InChI is InChI=1S/C18H22N2O3S/c1-13(15-8-10-18(11-9-15)24(4,22)23)19-16-6-5-7-17(12-16)20(3)14(2)21/h5-13,19H,1-4H3/t13-/m1/s1. The lowest BCUT2D eigenvalue weighted by atomic mass is 10.1. The van der Waals surface area contributed by atoms with Gasteiger partial charge in [0.1, 0.15) is 0 Å². The number of nitrogens with one attached hydrogen (secondary N) is 1. The van der Waals surface area contributed by atoms with E-state index in [1.165, 1.54) is 13.2 Å². The quantitative estimate of drug-likeness (QED) is 0.902. The largest absolute Gasteiger partial charge is 0.378 e. The fourth-order valence-corrected chi connectivity index (χ4v) is 2.95. The molecule has 1 amide bonds. The molecule has 128 valence electrons. The van der Waals surface area contributed by atoms with Crippen molar-refractivity contribution < 1.29 is 13.2 Å². The summed E-state index contributed by atoms with van der Waals surface area (Å²) in [5.41, 5.74) is 2.68. The van der Waals surface area contributed by atoms with Gasteiger partial charge in [-0.05, 0) is 42.8 Å². The molecule has 0 heterocycles. The molecule has 0 aromatic heterocycles. The Kier molecular flexibility index (Phi) is 5.29. The minimum Gasteiger partial charge on any atom is -0.378 e. The Morgan fingerprint density at radius 2 is 1.75 bits per heavy atom. The predicted molar refractivity (Wildman–Crippen MR) is 97.1 cm³/mol. The molecule has 0 aliphatic rings. The third kappa shape index (κ3) is 4.35. The SMILES string of the molecule is CC(=O)N(C)c1cccc(N[C@H](C)c2ccc(S(C)(=O)=O)cc2)c1. The number of amides is 1. The molecule has 2 aromatic rings. The molecule has 0 bridgehead atoms. The zero-order chi connectivity index (χ0) is 17.9. The first-order chi connectivity index (χ1) is 11.2. The van der Waals surface area contributed by atoms with Gasteiger partial charge >= 0.3 is 0 Å². The van der Waals surface area contributed by atoms with E-state index in [4.69, 9.17) is 0 Å². The van der Waals surface area contributed by atoms with Gasteiger partial charge < -0.3 is 10.2 Å². The molecule has 24 heavy (non-hydrogen) atoms. The van der Waals surface area contributed by atoms with Gasteiger partial charge in [-0.1, -0.05) is 18.2 Å². The highest BCUT2D eigenvalue weighted by Crippen LogP contribution is 2.24. The Labute approximate surface area is 143 Å². The maximum absolute atomic E-state index is 11.5. The van der Waals surface area contributed by atoms with Gasteiger partial charge in [-0.2, -0.15) is 0 Å². The predicted octanol–water partition coefficient (Wildman–Crippen LogP) is 3.25. The Morgan fingerprint density at radius 1 is 1.12 bits per heavy atom. The molecule has 6 heteroatoms. The second-order valence-corrected chi connectivity index (χ2v) is 7.85. The van der Waals surface area contributed by atoms with Crippen molar-refractivity contribution in [2.24, 2.45) is 0 Å². The molecule has 0 fully saturated rings. The monoisotopic (exact) mass is 346 g/mol. The van der Waals surface area contributed by atoms with Crippen LogP contribution in [0.4, 0.5) is 11.4 Å². The van der Waals surface area contributed by atoms with Crippen molar-refractivity contribution in [3.8, 4) is 0 Å². The van der Waals surface area contributed by atoms with Crippen molar-refractivity contribution in [1.82, 2.24) is 0 Å². The third-order valence-electron chi connectivity index (χ3n) is 3.90. The second kappa shape index (κ2) is 7.05. The minimum atomic E-state index is -3.19. The van der Waals surface area contributed by atoms with Crippen LogP contribution < -0.4 is 10.2 Å². The van der Waals surface area contributed by atoms with Crippen molar-refractivity contribution in [3.05, 3.63) is 54.1 Å². The average Bonchev–Trinajstić information content (AvgIpc) is 2.53. The normalized spacial score (nSPS) is 12.5. The summed E-state index contributed by atoms with van der Waals surface area (Å²) in [4.78, 5) is 13.4. The highest BCUT2D eigenvalue weighted by Gasteiger charge is 2.11. The maximum Gasteiger partial charge on any atom is 0.223 e. The molecular formula is C18H22N2O3S. The summed E-state index contributed by atoms with van der Waals surface area (Å²) < 4.78 is 23.0. The molecule has 1 N–H and O–H groups in total. The third-order valence-corrected chi connectivity index (χ3v) is 5.03. The Balaban J connectivity index is 2.16. The lowest BCUT2D eigenvalue weighted by Crippen LogP contribution is -2.22. The van der Waals surface area contributed by atoms with E-state index in [2.05, 4.69) is 5.32 Å². The summed E-state index contributed by atoms with van der Waals surface area (Å²) in [5, 5.41) is 3.36. The lowest BCUT2D eigenvalue weighted by molar-refractivity contribution is -0.116. The van der Waals surface area contributed by atoms with Crippen LogP contribution in [0.15, 0.2) is 53.4 Å². The van der Waals surface area contributed by atoms with Crippen LogP contribution in [0.25, 0.3) is 0 Å². The van der Waals surface area contributed by atoms with Gasteiger partial charge in [-0.25, -0.2) is 8.42 Å². The first-order valence-electron chi connectivity index (χ1n) is 7.59. The van der Waals surface area contributed by atoms with Gasteiger partial charge in [0, 0.05) is 37.6 Å². The summed E-state index contributed by atoms with van der Waals surface area (Å²) in [6.45, 7) is 3.52. The van der Waals surface area contributed by atoms with E-state index in [1.807, 2.05) is 31.2 Å². The van der Waals surface area contributed by atoms with E-state index in [0.717, 1.165) is 16.9 Å². The molecule has 0 aliphatic carbocycles. The van der Waals surface area contributed by atoms with Gasteiger partial charge in [0.25, 0.3) is 0 Å². The van der Waals surface area contributed by atoms with Crippen LogP contribution in [0.5, 0.6) is 0 Å². The Morgan fingerprint density at radius 3 is 2.29 bits per heavy atom. The molecular weight excluding hydrogens is 324 g/mol. The second-order valence-electron chi connectivity index (χ2n) is 5.84. The van der Waals surface area contributed by atoms with Crippen LogP contribution in [0.2, 0.25) is 0 Å². The van der Waals surface area contributed by atoms with E-state index in [0.29, 0.717) is 4.90 Å². The van der Waals surface area contributed by atoms with Crippen LogP contribution >= 0.6 is 0 Å². The molecule has 2 rings (SSSR count).